The Balaban J connectivity index is 1.68. The van der Waals surface area contributed by atoms with Gasteiger partial charge in [0.1, 0.15) is 5.75 Å². The second kappa shape index (κ2) is 12.5. The molecule has 3 aromatic carbocycles. The highest BCUT2D eigenvalue weighted by Crippen LogP contribution is 2.35. The summed E-state index contributed by atoms with van der Waals surface area (Å²) in [5, 5.41) is 0. The molecule has 0 fully saturated rings. The summed E-state index contributed by atoms with van der Waals surface area (Å²) < 4.78 is 8.44. The Morgan fingerprint density at radius 2 is 1.03 bits per heavy atom. The number of nitrogens with zero attached hydrogens (tertiary/aromatic N) is 1. The Morgan fingerprint density at radius 1 is 0.600 bits per heavy atom. The van der Waals surface area contributed by atoms with E-state index in [1.165, 1.54) is 39.2 Å². The van der Waals surface area contributed by atoms with Gasteiger partial charge in [-0.25, -0.2) is 0 Å². The molecule has 0 radical (unpaired) electrons. The topological polar surface area (TPSA) is 12.5 Å². The summed E-state index contributed by atoms with van der Waals surface area (Å²) in [6.45, 7) is 3.05. The Labute approximate surface area is 208 Å². The van der Waals surface area contributed by atoms with E-state index in [2.05, 4.69) is 130 Å². The van der Waals surface area contributed by atoms with Gasteiger partial charge in [-0.1, -0.05) is 39.0 Å². The van der Waals surface area contributed by atoms with Crippen molar-refractivity contribution in [2.24, 2.45) is 0 Å². The van der Waals surface area contributed by atoms with Gasteiger partial charge in [-0.2, -0.15) is 0 Å². The molecule has 3 rings (SSSR count). The maximum atomic E-state index is 5.97. The summed E-state index contributed by atoms with van der Waals surface area (Å²) in [5.41, 5.74) is 3.43. The Bertz CT molecular complexity index is 831. The van der Waals surface area contributed by atoms with Crippen molar-refractivity contribution in [1.82, 2.24) is 0 Å². The van der Waals surface area contributed by atoms with E-state index < -0.39 is 0 Å². The van der Waals surface area contributed by atoms with Crippen molar-refractivity contribution in [2.75, 3.05) is 11.5 Å². The zero-order valence-electron chi connectivity index (χ0n) is 17.5. The van der Waals surface area contributed by atoms with Gasteiger partial charge in [0.2, 0.25) is 0 Å². The Kier molecular flexibility index (Phi) is 9.78. The van der Waals surface area contributed by atoms with E-state index in [1.54, 1.807) is 0 Å². The number of anilines is 3. The SMILES string of the molecule is CCCCCCCCOc1ccc(N(c2ccc(I)cc2)c2ccc(I)cc2)cc1. The number of hydrogen-bond donors (Lipinski definition) is 0. The minimum Gasteiger partial charge on any atom is -0.494 e. The third-order valence-electron chi connectivity index (χ3n) is 5.03. The van der Waals surface area contributed by atoms with Crippen LogP contribution in [0.5, 0.6) is 5.75 Å². The molecule has 0 heterocycles. The molecule has 0 saturated heterocycles. The smallest absolute Gasteiger partial charge is 0.119 e. The molecule has 4 heteroatoms. The highest BCUT2D eigenvalue weighted by Gasteiger charge is 2.12. The van der Waals surface area contributed by atoms with E-state index in [-0.39, 0.29) is 0 Å². The van der Waals surface area contributed by atoms with Crippen molar-refractivity contribution in [3.63, 3.8) is 0 Å². The highest BCUT2D eigenvalue weighted by atomic mass is 127. The molecule has 0 N–H and O–H groups in total. The second-order valence-corrected chi connectivity index (χ2v) is 9.89. The lowest BCUT2D eigenvalue weighted by atomic mass is 10.1. The summed E-state index contributed by atoms with van der Waals surface area (Å²) in [5.74, 6) is 0.942. The Hall–Kier alpha value is -1.28. The first-order chi connectivity index (χ1) is 14.7. The van der Waals surface area contributed by atoms with E-state index in [9.17, 15) is 0 Å². The van der Waals surface area contributed by atoms with Crippen LogP contribution in [0, 0.1) is 7.14 Å². The number of halogens is 2. The molecule has 0 aliphatic rings. The van der Waals surface area contributed by atoms with Crippen LogP contribution in [0.3, 0.4) is 0 Å². The van der Waals surface area contributed by atoms with Gasteiger partial charge in [0, 0.05) is 24.2 Å². The third kappa shape index (κ3) is 7.15. The van der Waals surface area contributed by atoms with E-state index in [1.807, 2.05) is 0 Å². The van der Waals surface area contributed by atoms with Crippen LogP contribution >= 0.6 is 45.2 Å². The quantitative estimate of drug-likeness (QED) is 0.156. The van der Waals surface area contributed by atoms with Crippen LogP contribution in [-0.2, 0) is 0 Å². The fourth-order valence-electron chi connectivity index (χ4n) is 3.39. The summed E-state index contributed by atoms with van der Waals surface area (Å²) in [6.07, 6.45) is 7.69. The van der Waals surface area contributed by atoms with Crippen molar-refractivity contribution in [3.8, 4) is 5.75 Å². The molecule has 0 bridgehead atoms. The number of rotatable bonds is 11. The van der Waals surface area contributed by atoms with Crippen LogP contribution in [0.25, 0.3) is 0 Å². The minimum atomic E-state index is 0.795. The van der Waals surface area contributed by atoms with Crippen LogP contribution in [0.4, 0.5) is 17.1 Å². The third-order valence-corrected chi connectivity index (χ3v) is 6.47. The van der Waals surface area contributed by atoms with Gasteiger partial charge < -0.3 is 9.64 Å². The van der Waals surface area contributed by atoms with Crippen molar-refractivity contribution in [2.45, 2.75) is 45.4 Å². The standard InChI is InChI=1S/C26H29I2NO/c1-2-3-4-5-6-7-20-30-26-18-16-25(17-19-26)29(23-12-8-21(27)9-13-23)24-14-10-22(28)11-15-24/h8-19H,2-7,20H2,1H3. The number of benzene rings is 3. The molecule has 2 nitrogen and oxygen atoms in total. The first kappa shape index (κ1) is 23.4. The maximum Gasteiger partial charge on any atom is 0.119 e. The van der Waals surface area contributed by atoms with Gasteiger partial charge in [-0.05, 0) is 124 Å². The van der Waals surface area contributed by atoms with Gasteiger partial charge in [0.25, 0.3) is 0 Å². The zero-order chi connectivity index (χ0) is 21.2. The predicted octanol–water partition coefficient (Wildman–Crippen LogP) is 9.10. The molecule has 0 amide bonds. The zero-order valence-corrected chi connectivity index (χ0v) is 21.8. The molecular formula is C26H29I2NO. The Morgan fingerprint density at radius 3 is 1.53 bits per heavy atom. The minimum absolute atomic E-state index is 0.795. The summed E-state index contributed by atoms with van der Waals surface area (Å²) in [6, 6.07) is 25.7. The van der Waals surface area contributed by atoms with Gasteiger partial charge in [-0.15, -0.1) is 0 Å². The van der Waals surface area contributed by atoms with Crippen LogP contribution in [-0.4, -0.2) is 6.61 Å². The largest absolute Gasteiger partial charge is 0.494 e. The van der Waals surface area contributed by atoms with Gasteiger partial charge >= 0.3 is 0 Å². The fourth-order valence-corrected chi connectivity index (χ4v) is 4.11. The average Bonchev–Trinajstić information content (AvgIpc) is 2.77. The molecule has 0 aliphatic heterocycles. The lowest BCUT2D eigenvalue weighted by Gasteiger charge is -2.25. The lowest BCUT2D eigenvalue weighted by molar-refractivity contribution is 0.304. The fraction of sp³-hybridized carbons (Fsp3) is 0.308. The molecule has 0 saturated carbocycles. The first-order valence-electron chi connectivity index (χ1n) is 10.7. The number of unbranched alkanes of at least 4 members (excludes halogenated alkanes) is 5. The number of ether oxygens (including phenoxy) is 1. The van der Waals surface area contributed by atoms with Crippen LogP contribution < -0.4 is 9.64 Å². The average molecular weight is 625 g/mol. The monoisotopic (exact) mass is 625 g/mol. The van der Waals surface area contributed by atoms with Crippen molar-refractivity contribution in [1.29, 1.82) is 0 Å². The highest BCUT2D eigenvalue weighted by molar-refractivity contribution is 14.1. The second-order valence-electron chi connectivity index (χ2n) is 7.40. The van der Waals surface area contributed by atoms with Crippen LogP contribution in [0.1, 0.15) is 45.4 Å². The molecule has 0 spiro atoms. The molecule has 0 atom stereocenters. The lowest BCUT2D eigenvalue weighted by Crippen LogP contribution is -2.10. The molecule has 0 aromatic heterocycles. The normalized spacial score (nSPS) is 10.8. The van der Waals surface area contributed by atoms with Gasteiger partial charge in [-0.3, -0.25) is 0 Å². The van der Waals surface area contributed by atoms with Crippen molar-refractivity contribution >= 4 is 62.2 Å². The summed E-state index contributed by atoms with van der Waals surface area (Å²) in [4.78, 5) is 2.28. The molecule has 0 unspecified atom stereocenters. The maximum absolute atomic E-state index is 5.97. The molecule has 30 heavy (non-hydrogen) atoms. The van der Waals surface area contributed by atoms with Crippen LogP contribution in [0.15, 0.2) is 72.8 Å². The molecular weight excluding hydrogens is 596 g/mol. The number of hydrogen-bond acceptors (Lipinski definition) is 2. The van der Waals surface area contributed by atoms with Gasteiger partial charge in [0.05, 0.1) is 6.61 Å². The first-order valence-corrected chi connectivity index (χ1v) is 12.9. The molecule has 158 valence electrons. The predicted molar refractivity (Wildman–Crippen MR) is 145 cm³/mol. The summed E-state index contributed by atoms with van der Waals surface area (Å²) >= 11 is 4.69. The molecule has 3 aromatic rings. The molecule has 0 aliphatic carbocycles. The van der Waals surface area contributed by atoms with Crippen molar-refractivity contribution in [3.05, 3.63) is 79.9 Å². The van der Waals surface area contributed by atoms with E-state index in [0.29, 0.717) is 0 Å². The van der Waals surface area contributed by atoms with E-state index in [4.69, 9.17) is 4.74 Å². The van der Waals surface area contributed by atoms with Crippen molar-refractivity contribution < 1.29 is 4.74 Å². The van der Waals surface area contributed by atoms with Crippen LogP contribution in [0.2, 0.25) is 0 Å². The van der Waals surface area contributed by atoms with Gasteiger partial charge in [0.15, 0.2) is 0 Å². The summed E-state index contributed by atoms with van der Waals surface area (Å²) in [7, 11) is 0. The van der Waals surface area contributed by atoms with E-state index in [0.717, 1.165) is 35.8 Å². The van der Waals surface area contributed by atoms with E-state index >= 15 is 0 Å².